The highest BCUT2D eigenvalue weighted by atomic mass is 16.5. The molecule has 0 radical (unpaired) electrons. The molecule has 0 heterocycles. The van der Waals surface area contributed by atoms with Crippen molar-refractivity contribution in [3.8, 4) is 5.75 Å². The molecule has 1 amide bonds. The molecule has 2 N–H and O–H groups in total. The molecule has 1 aromatic carbocycles. The minimum Gasteiger partial charge on any atom is -0.493 e. The molecule has 0 aliphatic rings. The topological polar surface area (TPSA) is 50.4 Å². The van der Waals surface area contributed by atoms with Crippen molar-refractivity contribution in [3.63, 3.8) is 0 Å². The van der Waals surface area contributed by atoms with E-state index in [0.29, 0.717) is 13.0 Å². The highest BCUT2D eigenvalue weighted by Crippen LogP contribution is 2.24. The number of rotatable bonds is 5. The van der Waals surface area contributed by atoms with Crippen LogP contribution in [0.4, 0.5) is 0 Å². The van der Waals surface area contributed by atoms with Crippen molar-refractivity contribution in [3.05, 3.63) is 28.8 Å². The standard InChI is InChI=1S/C13H20N2O2/c1-9-7-10(2)13(11(3)8-9)17-6-5-12(16)15-14-4/h7-8,14H,5-6H2,1-4H3,(H,15,16). The van der Waals surface area contributed by atoms with E-state index in [1.807, 2.05) is 13.8 Å². The van der Waals surface area contributed by atoms with Crippen molar-refractivity contribution in [2.45, 2.75) is 27.2 Å². The molecule has 0 saturated carbocycles. The van der Waals surface area contributed by atoms with Crippen LogP contribution >= 0.6 is 0 Å². The summed E-state index contributed by atoms with van der Waals surface area (Å²) < 4.78 is 5.65. The van der Waals surface area contributed by atoms with Crippen LogP contribution in [0.25, 0.3) is 0 Å². The first kappa shape index (κ1) is 13.5. The Morgan fingerprint density at radius 2 is 1.82 bits per heavy atom. The lowest BCUT2D eigenvalue weighted by Gasteiger charge is -2.12. The normalized spacial score (nSPS) is 10.1. The Hall–Kier alpha value is -1.55. The fraction of sp³-hybridized carbons (Fsp3) is 0.462. The molecule has 94 valence electrons. The molecule has 4 heteroatoms. The fourth-order valence-corrected chi connectivity index (χ4v) is 1.84. The molecule has 1 aromatic rings. The number of nitrogens with one attached hydrogen (secondary N) is 2. The van der Waals surface area contributed by atoms with Gasteiger partial charge in [0, 0.05) is 7.05 Å². The van der Waals surface area contributed by atoms with E-state index in [2.05, 4.69) is 29.9 Å². The number of amides is 1. The number of ether oxygens (including phenoxy) is 1. The Kier molecular flexibility index (Phi) is 4.97. The third kappa shape index (κ3) is 4.07. The van der Waals surface area contributed by atoms with Crippen LogP contribution in [-0.2, 0) is 4.79 Å². The molecule has 0 bridgehead atoms. The van der Waals surface area contributed by atoms with Gasteiger partial charge in [-0.1, -0.05) is 17.7 Å². The molecule has 0 aliphatic heterocycles. The average molecular weight is 236 g/mol. The van der Waals surface area contributed by atoms with Gasteiger partial charge in [-0.3, -0.25) is 10.2 Å². The van der Waals surface area contributed by atoms with Crippen LogP contribution in [0.3, 0.4) is 0 Å². The summed E-state index contributed by atoms with van der Waals surface area (Å²) in [4.78, 5) is 11.2. The molecule has 0 fully saturated rings. The highest BCUT2D eigenvalue weighted by molar-refractivity contribution is 5.75. The zero-order chi connectivity index (χ0) is 12.8. The van der Waals surface area contributed by atoms with E-state index in [-0.39, 0.29) is 5.91 Å². The van der Waals surface area contributed by atoms with Gasteiger partial charge in [-0.05, 0) is 31.9 Å². The fourth-order valence-electron chi connectivity index (χ4n) is 1.84. The van der Waals surface area contributed by atoms with Crippen LogP contribution in [0.2, 0.25) is 0 Å². The third-order valence-corrected chi connectivity index (χ3v) is 2.44. The van der Waals surface area contributed by atoms with E-state index in [4.69, 9.17) is 4.74 Å². The predicted molar refractivity (Wildman–Crippen MR) is 68.0 cm³/mol. The van der Waals surface area contributed by atoms with Crippen LogP contribution in [0.15, 0.2) is 12.1 Å². The third-order valence-electron chi connectivity index (χ3n) is 2.44. The van der Waals surface area contributed by atoms with Crippen LogP contribution in [0.5, 0.6) is 5.75 Å². The maximum Gasteiger partial charge on any atom is 0.237 e. The molecule has 1 rings (SSSR count). The van der Waals surface area contributed by atoms with E-state index >= 15 is 0 Å². The molecule has 17 heavy (non-hydrogen) atoms. The Morgan fingerprint density at radius 1 is 1.24 bits per heavy atom. The van der Waals surface area contributed by atoms with E-state index in [1.54, 1.807) is 7.05 Å². The largest absolute Gasteiger partial charge is 0.493 e. The van der Waals surface area contributed by atoms with Gasteiger partial charge in [0.1, 0.15) is 5.75 Å². The van der Waals surface area contributed by atoms with Crippen LogP contribution in [0, 0.1) is 20.8 Å². The maximum absolute atomic E-state index is 11.2. The minimum atomic E-state index is -0.0742. The molecule has 0 aromatic heterocycles. The van der Waals surface area contributed by atoms with Gasteiger partial charge >= 0.3 is 0 Å². The number of aryl methyl sites for hydroxylation is 3. The summed E-state index contributed by atoms with van der Waals surface area (Å²) in [5, 5.41) is 0. The second kappa shape index (κ2) is 6.25. The van der Waals surface area contributed by atoms with Crippen molar-refractivity contribution in [2.75, 3.05) is 13.7 Å². The smallest absolute Gasteiger partial charge is 0.237 e. The summed E-state index contributed by atoms with van der Waals surface area (Å²) in [7, 11) is 1.66. The first-order chi connectivity index (χ1) is 8.04. The maximum atomic E-state index is 11.2. The van der Waals surface area contributed by atoms with E-state index in [0.717, 1.165) is 16.9 Å². The Bertz CT molecular complexity index is 379. The lowest BCUT2D eigenvalue weighted by atomic mass is 10.1. The quantitative estimate of drug-likeness (QED) is 0.764. The average Bonchev–Trinajstić information content (AvgIpc) is 2.22. The molecule has 0 aliphatic carbocycles. The van der Waals surface area contributed by atoms with Crippen molar-refractivity contribution in [1.29, 1.82) is 0 Å². The lowest BCUT2D eigenvalue weighted by Crippen LogP contribution is -2.34. The first-order valence-corrected chi connectivity index (χ1v) is 5.71. The highest BCUT2D eigenvalue weighted by Gasteiger charge is 2.06. The second-order valence-electron chi connectivity index (χ2n) is 4.12. The summed E-state index contributed by atoms with van der Waals surface area (Å²) in [6.07, 6.45) is 0.341. The van der Waals surface area contributed by atoms with Gasteiger partial charge in [0.2, 0.25) is 5.91 Å². The summed E-state index contributed by atoms with van der Waals surface area (Å²) in [6, 6.07) is 4.16. The molecule has 0 spiro atoms. The number of hydrogen-bond acceptors (Lipinski definition) is 3. The van der Waals surface area contributed by atoms with Crippen molar-refractivity contribution < 1.29 is 9.53 Å². The number of hydrazine groups is 1. The van der Waals surface area contributed by atoms with E-state index in [1.165, 1.54) is 5.56 Å². The second-order valence-corrected chi connectivity index (χ2v) is 4.12. The number of hydrogen-bond donors (Lipinski definition) is 2. The lowest BCUT2D eigenvalue weighted by molar-refractivity contribution is -0.122. The first-order valence-electron chi connectivity index (χ1n) is 5.71. The van der Waals surface area contributed by atoms with Crippen molar-refractivity contribution in [2.24, 2.45) is 0 Å². The van der Waals surface area contributed by atoms with Gasteiger partial charge in [0.25, 0.3) is 0 Å². The monoisotopic (exact) mass is 236 g/mol. The van der Waals surface area contributed by atoms with Gasteiger partial charge in [-0.25, -0.2) is 5.43 Å². The van der Waals surface area contributed by atoms with Crippen molar-refractivity contribution >= 4 is 5.91 Å². The van der Waals surface area contributed by atoms with Gasteiger partial charge in [-0.2, -0.15) is 0 Å². The summed E-state index contributed by atoms with van der Waals surface area (Å²) in [6.45, 7) is 6.48. The molecule has 4 nitrogen and oxygen atoms in total. The zero-order valence-electron chi connectivity index (χ0n) is 10.9. The number of carbonyl (C=O) groups is 1. The summed E-state index contributed by atoms with van der Waals surface area (Å²) >= 11 is 0. The Morgan fingerprint density at radius 3 is 2.35 bits per heavy atom. The predicted octanol–water partition coefficient (Wildman–Crippen LogP) is 1.63. The van der Waals surface area contributed by atoms with E-state index < -0.39 is 0 Å². The summed E-state index contributed by atoms with van der Waals surface area (Å²) in [5.41, 5.74) is 8.53. The van der Waals surface area contributed by atoms with E-state index in [9.17, 15) is 4.79 Å². The SMILES string of the molecule is CNNC(=O)CCOc1c(C)cc(C)cc1C. The van der Waals surface area contributed by atoms with Crippen LogP contribution < -0.4 is 15.6 Å². The minimum absolute atomic E-state index is 0.0742. The number of carbonyl (C=O) groups excluding carboxylic acids is 1. The molecule has 0 unspecified atom stereocenters. The molecular weight excluding hydrogens is 216 g/mol. The molecule has 0 atom stereocenters. The van der Waals surface area contributed by atoms with Gasteiger partial charge in [0.05, 0.1) is 13.0 Å². The van der Waals surface area contributed by atoms with Crippen molar-refractivity contribution in [1.82, 2.24) is 10.9 Å². The van der Waals surface area contributed by atoms with Crippen LogP contribution in [0.1, 0.15) is 23.1 Å². The van der Waals surface area contributed by atoms with Gasteiger partial charge in [-0.15, -0.1) is 0 Å². The molecule has 0 saturated heterocycles. The number of benzene rings is 1. The Labute approximate surface area is 102 Å². The Balaban J connectivity index is 2.55. The van der Waals surface area contributed by atoms with Gasteiger partial charge < -0.3 is 4.74 Å². The molecular formula is C13H20N2O2. The van der Waals surface area contributed by atoms with Crippen LogP contribution in [-0.4, -0.2) is 19.6 Å². The summed E-state index contributed by atoms with van der Waals surface area (Å²) in [5.74, 6) is 0.808. The zero-order valence-corrected chi connectivity index (χ0v) is 10.9. The van der Waals surface area contributed by atoms with Gasteiger partial charge in [0.15, 0.2) is 0 Å².